The molecule has 6 rings (SSSR count). The van der Waals surface area contributed by atoms with Crippen LogP contribution in [0.5, 0.6) is 11.6 Å². The summed E-state index contributed by atoms with van der Waals surface area (Å²) in [6.45, 7) is 2.89. The molecule has 3 heterocycles. The Kier molecular flexibility index (Phi) is 10.4. The zero-order chi connectivity index (χ0) is 34.9. The summed E-state index contributed by atoms with van der Waals surface area (Å²) in [6, 6.07) is 12.4. The van der Waals surface area contributed by atoms with Crippen molar-refractivity contribution in [1.82, 2.24) is 24.4 Å². The molecular formula is C33H43N6O9P. The molecule has 2 aliphatic rings. The molecule has 2 fully saturated rings. The SMILES string of the molecule is COc1nc(N)nc2c1ncn2[C@@H]1O[C@H](CON(C(C(C)CC(=O)O)C2CCCCC2)[PH](=O)Oc2cccc3ccccc23)[C@@H](O)[C@@]1(C)O. The van der Waals surface area contributed by atoms with Gasteiger partial charge < -0.3 is 35.1 Å². The van der Waals surface area contributed by atoms with Gasteiger partial charge in [-0.3, -0.25) is 18.8 Å². The average Bonchev–Trinajstić information content (AvgIpc) is 3.59. The van der Waals surface area contributed by atoms with E-state index in [1.807, 2.05) is 43.3 Å². The van der Waals surface area contributed by atoms with Crippen LogP contribution in [0.4, 0.5) is 5.95 Å². The number of carboxylic acids is 1. The van der Waals surface area contributed by atoms with Gasteiger partial charge in [-0.05, 0) is 43.1 Å². The van der Waals surface area contributed by atoms with Crippen LogP contribution in [-0.2, 0) is 18.9 Å². The summed E-state index contributed by atoms with van der Waals surface area (Å²) >= 11 is 0. The summed E-state index contributed by atoms with van der Waals surface area (Å²) < 4.78 is 33.4. The monoisotopic (exact) mass is 698 g/mol. The third kappa shape index (κ3) is 7.09. The van der Waals surface area contributed by atoms with Crippen molar-refractivity contribution in [1.29, 1.82) is 0 Å². The number of anilines is 1. The lowest BCUT2D eigenvalue weighted by Crippen LogP contribution is -2.47. The number of aliphatic carboxylic acids is 1. The van der Waals surface area contributed by atoms with Gasteiger partial charge in [0, 0.05) is 11.8 Å². The maximum Gasteiger partial charge on any atom is 0.330 e. The van der Waals surface area contributed by atoms with Crippen molar-refractivity contribution in [2.75, 3.05) is 19.5 Å². The molecule has 1 saturated carbocycles. The van der Waals surface area contributed by atoms with Gasteiger partial charge in [0.2, 0.25) is 11.8 Å². The van der Waals surface area contributed by atoms with Gasteiger partial charge in [0.15, 0.2) is 17.4 Å². The van der Waals surface area contributed by atoms with Crippen LogP contribution in [0, 0.1) is 11.8 Å². The number of hydrogen-bond donors (Lipinski definition) is 4. The molecule has 264 valence electrons. The number of hydroxylamine groups is 1. The number of nitrogen functional groups attached to an aromatic ring is 1. The number of nitrogens with two attached hydrogens (primary N) is 1. The fourth-order valence-corrected chi connectivity index (χ4v) is 8.54. The van der Waals surface area contributed by atoms with Crippen LogP contribution in [0.25, 0.3) is 21.9 Å². The van der Waals surface area contributed by atoms with Crippen molar-refractivity contribution in [2.45, 2.75) is 82.5 Å². The van der Waals surface area contributed by atoms with Crippen LogP contribution in [0.2, 0.25) is 0 Å². The van der Waals surface area contributed by atoms with E-state index >= 15 is 0 Å². The molecule has 15 nitrogen and oxygen atoms in total. The molecule has 2 aromatic heterocycles. The van der Waals surface area contributed by atoms with Crippen molar-refractivity contribution in [3.8, 4) is 11.6 Å². The Morgan fingerprint density at radius 3 is 2.65 bits per heavy atom. The highest BCUT2D eigenvalue weighted by Crippen LogP contribution is 2.45. The number of ether oxygens (including phenoxy) is 2. The van der Waals surface area contributed by atoms with Gasteiger partial charge in [0.05, 0.1) is 26.1 Å². The Balaban J connectivity index is 1.31. The third-order valence-corrected chi connectivity index (χ3v) is 10.8. The van der Waals surface area contributed by atoms with Gasteiger partial charge >= 0.3 is 14.1 Å². The smallest absolute Gasteiger partial charge is 0.330 e. The zero-order valence-electron chi connectivity index (χ0n) is 27.6. The van der Waals surface area contributed by atoms with E-state index in [1.54, 1.807) is 6.07 Å². The maximum atomic E-state index is 14.3. The van der Waals surface area contributed by atoms with E-state index < -0.39 is 50.1 Å². The van der Waals surface area contributed by atoms with Crippen LogP contribution in [-0.4, -0.2) is 83.2 Å². The number of nitrogens with zero attached hydrogens (tertiary/aromatic N) is 5. The number of carbonyl (C=O) groups is 1. The molecule has 5 N–H and O–H groups in total. The van der Waals surface area contributed by atoms with E-state index in [2.05, 4.69) is 15.0 Å². The average molecular weight is 699 g/mol. The summed E-state index contributed by atoms with van der Waals surface area (Å²) in [6.07, 6.45) is 2.01. The number of benzene rings is 2. The van der Waals surface area contributed by atoms with Crippen LogP contribution in [0.3, 0.4) is 0 Å². The number of aromatic nitrogens is 4. The highest BCUT2D eigenvalue weighted by atomic mass is 31.1. The summed E-state index contributed by atoms with van der Waals surface area (Å²) in [4.78, 5) is 32.2. The van der Waals surface area contributed by atoms with Crippen molar-refractivity contribution in [3.05, 3.63) is 48.8 Å². The van der Waals surface area contributed by atoms with Crippen molar-refractivity contribution >= 4 is 42.0 Å². The second-order valence-corrected chi connectivity index (χ2v) is 14.2. The van der Waals surface area contributed by atoms with Crippen LogP contribution in [0.15, 0.2) is 48.8 Å². The Bertz CT molecular complexity index is 1810. The standard InChI is InChI=1S/C33H43N6O9P/c1-19(16-25(40)41)27(21-11-5-4-6-12-21)39(49(44)48-23-15-9-13-20-10-7-8-14-22(20)23)46-17-24-28(42)33(2,43)31(47-24)38-18-35-26-29(38)36-32(34)37-30(26)45-3/h7-10,13-15,18-19,21,24,27-28,31,42-43,49H,4-6,11-12,16-17H2,1-3H3,(H,40,41)(H2,34,36,37)/t19?,24-,27?,28-,31-,33-/m1/s1. The van der Waals surface area contributed by atoms with Crippen molar-refractivity contribution in [3.63, 3.8) is 0 Å². The minimum atomic E-state index is -3.22. The molecule has 0 bridgehead atoms. The first kappa shape index (κ1) is 35.0. The summed E-state index contributed by atoms with van der Waals surface area (Å²) in [5.41, 5.74) is 4.54. The topological polar surface area (TPSA) is 205 Å². The third-order valence-electron chi connectivity index (χ3n) is 9.60. The highest BCUT2D eigenvalue weighted by Gasteiger charge is 2.54. The first-order valence-corrected chi connectivity index (χ1v) is 17.7. The summed E-state index contributed by atoms with van der Waals surface area (Å²) in [5, 5.41) is 34.3. The van der Waals surface area contributed by atoms with Crippen LogP contribution < -0.4 is 15.0 Å². The molecule has 49 heavy (non-hydrogen) atoms. The molecular weight excluding hydrogens is 655 g/mol. The predicted molar refractivity (Wildman–Crippen MR) is 180 cm³/mol. The molecule has 7 atom stereocenters. The highest BCUT2D eigenvalue weighted by molar-refractivity contribution is 7.36. The first-order valence-electron chi connectivity index (χ1n) is 16.4. The van der Waals surface area contributed by atoms with Crippen LogP contribution in [0.1, 0.15) is 58.6 Å². The molecule has 0 radical (unpaired) electrons. The van der Waals surface area contributed by atoms with E-state index in [4.69, 9.17) is 24.6 Å². The van der Waals surface area contributed by atoms with E-state index in [1.165, 1.54) is 29.8 Å². The number of aliphatic hydroxyl groups excluding tert-OH is 1. The number of fused-ring (bicyclic) bond motifs is 2. The van der Waals surface area contributed by atoms with E-state index in [9.17, 15) is 24.7 Å². The summed E-state index contributed by atoms with van der Waals surface area (Å²) in [7, 11) is -1.81. The first-order chi connectivity index (χ1) is 23.5. The van der Waals surface area contributed by atoms with Gasteiger partial charge in [0.25, 0.3) is 0 Å². The van der Waals surface area contributed by atoms with Crippen LogP contribution >= 0.6 is 8.18 Å². The van der Waals surface area contributed by atoms with E-state index in [0.29, 0.717) is 5.75 Å². The molecule has 0 spiro atoms. The Hall–Kier alpha value is -3.85. The second kappa shape index (κ2) is 14.6. The molecule has 4 aromatic rings. The predicted octanol–water partition coefficient (Wildman–Crippen LogP) is 4.34. The fraction of sp³-hybridized carbons (Fsp3) is 0.515. The minimum absolute atomic E-state index is 0.0177. The number of hydrogen-bond acceptors (Lipinski definition) is 12. The Labute approximate surface area is 283 Å². The minimum Gasteiger partial charge on any atom is -0.481 e. The normalized spacial score (nSPS) is 25.1. The number of aliphatic hydroxyl groups is 2. The van der Waals surface area contributed by atoms with E-state index in [0.717, 1.165) is 42.9 Å². The lowest BCUT2D eigenvalue weighted by molar-refractivity contribution is -0.181. The Morgan fingerprint density at radius 2 is 1.92 bits per heavy atom. The zero-order valence-corrected chi connectivity index (χ0v) is 28.6. The summed E-state index contributed by atoms with van der Waals surface area (Å²) in [5.74, 6) is -1.02. The van der Waals surface area contributed by atoms with Gasteiger partial charge in [-0.15, -0.1) is 4.83 Å². The fourth-order valence-electron chi connectivity index (χ4n) is 7.20. The molecule has 2 aromatic carbocycles. The largest absolute Gasteiger partial charge is 0.481 e. The number of rotatable bonds is 13. The lowest BCUT2D eigenvalue weighted by Gasteiger charge is -2.40. The molecule has 3 unspecified atom stereocenters. The molecule has 16 heteroatoms. The number of carboxylic acid groups (broad SMARTS) is 1. The van der Waals surface area contributed by atoms with E-state index in [-0.39, 0.29) is 41.9 Å². The molecule has 1 saturated heterocycles. The molecule has 0 amide bonds. The second-order valence-electron chi connectivity index (χ2n) is 13.0. The number of methoxy groups -OCH3 is 1. The Morgan fingerprint density at radius 1 is 1.18 bits per heavy atom. The lowest BCUT2D eigenvalue weighted by atomic mass is 9.78. The van der Waals surface area contributed by atoms with Crippen molar-refractivity contribution < 1.29 is 43.5 Å². The van der Waals surface area contributed by atoms with Gasteiger partial charge in [-0.25, -0.2) is 4.98 Å². The van der Waals surface area contributed by atoms with Gasteiger partial charge in [-0.2, -0.15) is 9.97 Å². The molecule has 1 aliphatic heterocycles. The molecule has 1 aliphatic carbocycles. The number of imidazole rings is 1. The van der Waals surface area contributed by atoms with Crippen molar-refractivity contribution in [2.24, 2.45) is 11.8 Å². The quantitative estimate of drug-likeness (QED) is 0.113. The van der Waals surface area contributed by atoms with Gasteiger partial charge in [0.1, 0.15) is 23.6 Å². The maximum absolute atomic E-state index is 14.3. The van der Waals surface area contributed by atoms with Gasteiger partial charge in [-0.1, -0.05) is 62.6 Å².